The van der Waals surface area contributed by atoms with E-state index < -0.39 is 10.0 Å². The second-order valence-electron chi connectivity index (χ2n) is 8.57. The predicted octanol–water partition coefficient (Wildman–Crippen LogP) is 5.79. The summed E-state index contributed by atoms with van der Waals surface area (Å²) in [4.78, 5) is 13.3. The Morgan fingerprint density at radius 1 is 0.971 bits per heavy atom. The molecule has 0 spiro atoms. The minimum Gasteiger partial charge on any atom is -0.348 e. The smallest absolute Gasteiger partial charge is 0.264 e. The molecule has 3 aromatic carbocycles. The van der Waals surface area contributed by atoms with Crippen molar-refractivity contribution in [3.8, 4) is 0 Å². The molecule has 3 aromatic rings. The molecule has 0 fully saturated rings. The molecule has 0 aliphatic heterocycles. The number of carbonyl (C=O) groups excluding carboxylic acids is 1. The van der Waals surface area contributed by atoms with E-state index in [1.54, 1.807) is 48.5 Å². The highest BCUT2D eigenvalue weighted by Crippen LogP contribution is 2.28. The van der Waals surface area contributed by atoms with Crippen molar-refractivity contribution < 1.29 is 13.2 Å². The van der Waals surface area contributed by atoms with E-state index in [-0.39, 0.29) is 23.4 Å². The number of benzene rings is 3. The Morgan fingerprint density at radius 2 is 1.71 bits per heavy atom. The van der Waals surface area contributed by atoms with Gasteiger partial charge in [-0.15, -0.1) is 0 Å². The number of sulfonamides is 1. The first-order chi connectivity index (χ1) is 16.4. The third kappa shape index (κ3) is 5.53. The number of rotatable bonds is 8. The van der Waals surface area contributed by atoms with Crippen molar-refractivity contribution in [2.75, 3.05) is 10.8 Å². The number of hydrogen-bond donors (Lipinski definition) is 1. The van der Waals surface area contributed by atoms with Crippen molar-refractivity contribution in [3.05, 3.63) is 94.0 Å². The molecule has 7 heteroatoms. The summed E-state index contributed by atoms with van der Waals surface area (Å²) in [6.45, 7) is 1.71. The van der Waals surface area contributed by atoms with Crippen molar-refractivity contribution in [2.24, 2.45) is 0 Å². The molecule has 1 aliphatic carbocycles. The molecule has 1 unspecified atom stereocenters. The summed E-state index contributed by atoms with van der Waals surface area (Å²) in [6.07, 6.45) is 5.31. The third-order valence-corrected chi connectivity index (χ3v) is 8.51. The fourth-order valence-corrected chi connectivity index (χ4v) is 6.25. The van der Waals surface area contributed by atoms with E-state index in [9.17, 15) is 13.2 Å². The van der Waals surface area contributed by atoms with Gasteiger partial charge < -0.3 is 5.32 Å². The fraction of sp³-hybridized carbons (Fsp3) is 0.296. The molecule has 1 atom stereocenters. The lowest BCUT2D eigenvalue weighted by Gasteiger charge is -2.26. The average Bonchev–Trinajstić information content (AvgIpc) is 2.86. The van der Waals surface area contributed by atoms with Crippen LogP contribution >= 0.6 is 15.9 Å². The van der Waals surface area contributed by atoms with Crippen LogP contribution in [0, 0.1) is 0 Å². The van der Waals surface area contributed by atoms with Crippen LogP contribution in [0.3, 0.4) is 0 Å². The van der Waals surface area contributed by atoms with Gasteiger partial charge in [0.25, 0.3) is 10.0 Å². The van der Waals surface area contributed by atoms with Crippen LogP contribution in [0.4, 0.5) is 5.69 Å². The molecule has 0 aromatic heterocycles. The predicted molar refractivity (Wildman–Crippen MR) is 139 cm³/mol. The lowest BCUT2D eigenvalue weighted by molar-refractivity contribution is -0.120. The van der Waals surface area contributed by atoms with Gasteiger partial charge in [-0.3, -0.25) is 9.10 Å². The Bertz CT molecular complexity index is 1260. The van der Waals surface area contributed by atoms with Crippen molar-refractivity contribution in [3.63, 3.8) is 0 Å². The molecule has 0 radical (unpaired) electrons. The molecule has 4 rings (SSSR count). The standard InChI is InChI=1S/C27H29BrN2O3S/c1-2-26(22-16-15-20-9-6-7-10-21(20)17-22)29-27(31)19-30(24-12-8-11-23(28)18-24)34(32,33)25-13-4-3-5-14-25/h3-5,8,11-18,26H,2,6-7,9-10,19H2,1H3,(H,29,31). The van der Waals surface area contributed by atoms with E-state index in [2.05, 4.69) is 39.4 Å². The quantitative estimate of drug-likeness (QED) is 0.393. The zero-order chi connectivity index (χ0) is 24.1. The van der Waals surface area contributed by atoms with Crippen LogP contribution in [0.1, 0.15) is 48.9 Å². The fourth-order valence-electron chi connectivity index (χ4n) is 4.43. The Morgan fingerprint density at radius 3 is 2.41 bits per heavy atom. The van der Waals surface area contributed by atoms with Crippen LogP contribution in [-0.2, 0) is 27.7 Å². The Hall–Kier alpha value is -2.64. The van der Waals surface area contributed by atoms with Gasteiger partial charge in [0.15, 0.2) is 0 Å². The molecule has 0 saturated heterocycles. The number of aryl methyl sites for hydroxylation is 2. The van der Waals surface area contributed by atoms with E-state index in [0.717, 1.165) is 22.9 Å². The lowest BCUT2D eigenvalue weighted by atomic mass is 9.89. The number of hydrogen-bond acceptors (Lipinski definition) is 3. The highest BCUT2D eigenvalue weighted by molar-refractivity contribution is 9.10. The number of nitrogens with zero attached hydrogens (tertiary/aromatic N) is 1. The van der Waals surface area contributed by atoms with Gasteiger partial charge in [-0.25, -0.2) is 8.42 Å². The SMILES string of the molecule is CCC(NC(=O)CN(c1cccc(Br)c1)S(=O)(=O)c1ccccc1)c1ccc2c(c1)CCCC2. The van der Waals surface area contributed by atoms with E-state index in [4.69, 9.17) is 0 Å². The van der Waals surface area contributed by atoms with Gasteiger partial charge in [0.1, 0.15) is 6.54 Å². The summed E-state index contributed by atoms with van der Waals surface area (Å²) < 4.78 is 28.9. The molecule has 0 bridgehead atoms. The number of halogens is 1. The summed E-state index contributed by atoms with van der Waals surface area (Å²) in [5.74, 6) is -0.343. The van der Waals surface area contributed by atoms with E-state index in [1.165, 1.54) is 28.3 Å². The maximum Gasteiger partial charge on any atom is 0.264 e. The zero-order valence-corrected chi connectivity index (χ0v) is 21.6. The van der Waals surface area contributed by atoms with Crippen molar-refractivity contribution in [2.45, 2.75) is 50.0 Å². The molecule has 1 N–H and O–H groups in total. The van der Waals surface area contributed by atoms with Gasteiger partial charge in [0.2, 0.25) is 5.91 Å². The molecule has 34 heavy (non-hydrogen) atoms. The van der Waals surface area contributed by atoms with Gasteiger partial charge in [0, 0.05) is 4.47 Å². The van der Waals surface area contributed by atoms with Crippen LogP contribution in [0.5, 0.6) is 0 Å². The van der Waals surface area contributed by atoms with Crippen molar-refractivity contribution in [1.82, 2.24) is 5.32 Å². The first kappa shape index (κ1) is 24.5. The van der Waals surface area contributed by atoms with Gasteiger partial charge in [-0.05, 0) is 79.1 Å². The maximum atomic E-state index is 13.5. The average molecular weight is 542 g/mol. The minimum atomic E-state index is -3.93. The summed E-state index contributed by atoms with van der Waals surface area (Å²) >= 11 is 3.41. The number of fused-ring (bicyclic) bond motifs is 1. The Kier molecular flexibility index (Phi) is 7.73. The maximum absolute atomic E-state index is 13.5. The highest BCUT2D eigenvalue weighted by Gasteiger charge is 2.28. The van der Waals surface area contributed by atoms with Crippen LogP contribution in [0.25, 0.3) is 0 Å². The van der Waals surface area contributed by atoms with Crippen LogP contribution in [0.15, 0.2) is 82.2 Å². The molecule has 1 aliphatic rings. The Balaban J connectivity index is 1.59. The summed E-state index contributed by atoms with van der Waals surface area (Å²) in [5, 5.41) is 3.07. The van der Waals surface area contributed by atoms with E-state index in [0.29, 0.717) is 12.1 Å². The number of anilines is 1. The van der Waals surface area contributed by atoms with Gasteiger partial charge in [0.05, 0.1) is 16.6 Å². The topological polar surface area (TPSA) is 66.5 Å². The first-order valence-corrected chi connectivity index (χ1v) is 13.9. The number of amides is 1. The van der Waals surface area contributed by atoms with Crippen LogP contribution in [0.2, 0.25) is 0 Å². The molecule has 5 nitrogen and oxygen atoms in total. The molecule has 0 heterocycles. The molecular formula is C27H29BrN2O3S. The minimum absolute atomic E-state index is 0.143. The zero-order valence-electron chi connectivity index (χ0n) is 19.2. The second kappa shape index (κ2) is 10.7. The monoisotopic (exact) mass is 540 g/mol. The molecule has 0 saturated carbocycles. The summed E-state index contributed by atoms with van der Waals surface area (Å²) in [7, 11) is -3.93. The van der Waals surface area contributed by atoms with Gasteiger partial charge >= 0.3 is 0 Å². The molecule has 1 amide bonds. The van der Waals surface area contributed by atoms with Crippen molar-refractivity contribution >= 4 is 37.5 Å². The largest absolute Gasteiger partial charge is 0.348 e. The van der Waals surface area contributed by atoms with Gasteiger partial charge in [-0.2, -0.15) is 0 Å². The van der Waals surface area contributed by atoms with Crippen LogP contribution in [-0.4, -0.2) is 20.9 Å². The number of carbonyl (C=O) groups is 1. The Labute approximate surface area is 210 Å². The highest BCUT2D eigenvalue weighted by atomic mass is 79.9. The van der Waals surface area contributed by atoms with E-state index >= 15 is 0 Å². The normalized spacial score (nSPS) is 14.2. The van der Waals surface area contributed by atoms with Crippen molar-refractivity contribution in [1.29, 1.82) is 0 Å². The summed E-state index contributed by atoms with van der Waals surface area (Å²) in [6, 6.07) is 21.5. The van der Waals surface area contributed by atoms with Gasteiger partial charge in [-0.1, -0.05) is 65.3 Å². The molecule has 178 valence electrons. The first-order valence-electron chi connectivity index (χ1n) is 11.6. The third-order valence-electron chi connectivity index (χ3n) is 6.23. The number of nitrogens with one attached hydrogen (secondary N) is 1. The van der Waals surface area contributed by atoms with Crippen LogP contribution < -0.4 is 9.62 Å². The van der Waals surface area contributed by atoms with E-state index in [1.807, 2.05) is 13.0 Å². The molecular weight excluding hydrogens is 512 g/mol. The summed E-state index contributed by atoms with van der Waals surface area (Å²) in [5.41, 5.74) is 4.25. The second-order valence-corrected chi connectivity index (χ2v) is 11.3. The lowest BCUT2D eigenvalue weighted by Crippen LogP contribution is -2.42.